The molecule has 5 rings (SSSR count). The average Bonchev–Trinajstić information content (AvgIpc) is 2.73. The van der Waals surface area contributed by atoms with Crippen molar-refractivity contribution in [1.82, 2.24) is 10.2 Å². The van der Waals surface area contributed by atoms with Crippen LogP contribution >= 0.6 is 0 Å². The van der Waals surface area contributed by atoms with Crippen molar-refractivity contribution in [1.29, 1.82) is 0 Å². The largest absolute Gasteiger partial charge is 0.396 e. The summed E-state index contributed by atoms with van der Waals surface area (Å²) in [6, 6.07) is 20.3. The zero-order valence-corrected chi connectivity index (χ0v) is 16.7. The molecule has 1 atom stereocenters. The standard InChI is InChI=1S/C25H28N2O/c1-25(2,16-28)24(27-14-12-26-13-15-27)21-11-9-19-7-6-17-4-3-5-18-8-10-20(21)23(19)22(17)18/h3-11,24,26,28H,12-16H2,1-2H3/t24-/m0/s1. The first kappa shape index (κ1) is 17.9. The predicted octanol–water partition coefficient (Wildman–Crippen LogP) is 4.55. The van der Waals surface area contributed by atoms with Gasteiger partial charge in [0.1, 0.15) is 0 Å². The number of benzene rings is 4. The Bertz CT molecular complexity index is 1110. The molecule has 0 unspecified atom stereocenters. The van der Waals surface area contributed by atoms with Crippen LogP contribution in [0.3, 0.4) is 0 Å². The molecule has 1 aliphatic rings. The minimum absolute atomic E-state index is 0.170. The van der Waals surface area contributed by atoms with Crippen LogP contribution in [0, 0.1) is 5.41 Å². The highest BCUT2D eigenvalue weighted by Crippen LogP contribution is 2.44. The van der Waals surface area contributed by atoms with Gasteiger partial charge < -0.3 is 10.4 Å². The van der Waals surface area contributed by atoms with E-state index in [1.165, 1.54) is 37.9 Å². The van der Waals surface area contributed by atoms with Crippen molar-refractivity contribution < 1.29 is 5.11 Å². The molecular weight excluding hydrogens is 344 g/mol. The van der Waals surface area contributed by atoms with E-state index in [0.29, 0.717) is 0 Å². The molecule has 3 nitrogen and oxygen atoms in total. The Labute approximate surface area is 166 Å². The van der Waals surface area contributed by atoms with E-state index in [4.69, 9.17) is 0 Å². The molecule has 1 aliphatic heterocycles. The zero-order valence-electron chi connectivity index (χ0n) is 16.7. The molecule has 0 radical (unpaired) electrons. The van der Waals surface area contributed by atoms with Crippen LogP contribution in [-0.4, -0.2) is 42.8 Å². The smallest absolute Gasteiger partial charge is 0.0500 e. The summed E-state index contributed by atoms with van der Waals surface area (Å²) in [6.07, 6.45) is 0. The monoisotopic (exact) mass is 372 g/mol. The molecule has 0 amide bonds. The number of rotatable bonds is 4. The van der Waals surface area contributed by atoms with Crippen LogP contribution in [0.15, 0.2) is 54.6 Å². The van der Waals surface area contributed by atoms with Crippen LogP contribution in [0.25, 0.3) is 32.3 Å². The van der Waals surface area contributed by atoms with Gasteiger partial charge in [-0.3, -0.25) is 4.90 Å². The molecule has 4 aromatic carbocycles. The predicted molar refractivity (Wildman–Crippen MR) is 118 cm³/mol. The molecule has 0 aliphatic carbocycles. The number of nitrogens with one attached hydrogen (secondary N) is 1. The highest BCUT2D eigenvalue weighted by molar-refractivity contribution is 6.23. The van der Waals surface area contributed by atoms with Gasteiger partial charge in [-0.15, -0.1) is 0 Å². The van der Waals surface area contributed by atoms with Crippen molar-refractivity contribution >= 4 is 32.3 Å². The molecule has 0 bridgehead atoms. The van der Waals surface area contributed by atoms with Gasteiger partial charge in [-0.05, 0) is 37.9 Å². The lowest BCUT2D eigenvalue weighted by atomic mass is 9.77. The second-order valence-electron chi connectivity index (χ2n) is 8.85. The third-order valence-corrected chi connectivity index (χ3v) is 6.52. The summed E-state index contributed by atoms with van der Waals surface area (Å²) in [7, 11) is 0. The van der Waals surface area contributed by atoms with Gasteiger partial charge in [0.2, 0.25) is 0 Å². The van der Waals surface area contributed by atoms with Crippen molar-refractivity contribution in [2.45, 2.75) is 19.9 Å². The minimum Gasteiger partial charge on any atom is -0.396 e. The molecule has 3 heteroatoms. The van der Waals surface area contributed by atoms with Crippen LogP contribution in [0.2, 0.25) is 0 Å². The quantitative estimate of drug-likeness (QED) is 0.516. The van der Waals surface area contributed by atoms with Crippen molar-refractivity contribution in [3.05, 3.63) is 60.2 Å². The lowest BCUT2D eigenvalue weighted by molar-refractivity contribution is 0.0313. The van der Waals surface area contributed by atoms with Gasteiger partial charge in [0, 0.05) is 44.2 Å². The Hall–Kier alpha value is -2.20. The second kappa shape index (κ2) is 6.70. The number of hydrogen-bond donors (Lipinski definition) is 2. The maximum atomic E-state index is 10.3. The molecular formula is C25H28N2O. The van der Waals surface area contributed by atoms with Crippen LogP contribution in [0.5, 0.6) is 0 Å². The van der Waals surface area contributed by atoms with Gasteiger partial charge in [-0.2, -0.15) is 0 Å². The van der Waals surface area contributed by atoms with Crippen molar-refractivity contribution in [3.8, 4) is 0 Å². The van der Waals surface area contributed by atoms with E-state index in [-0.39, 0.29) is 18.1 Å². The summed E-state index contributed by atoms with van der Waals surface area (Å²) in [5.41, 5.74) is 1.12. The van der Waals surface area contributed by atoms with Crippen molar-refractivity contribution in [3.63, 3.8) is 0 Å². The molecule has 4 aromatic rings. The van der Waals surface area contributed by atoms with Gasteiger partial charge in [0.25, 0.3) is 0 Å². The lowest BCUT2D eigenvalue weighted by Gasteiger charge is -2.44. The molecule has 28 heavy (non-hydrogen) atoms. The number of aliphatic hydroxyl groups excluding tert-OH is 1. The molecule has 0 spiro atoms. The van der Waals surface area contributed by atoms with Gasteiger partial charge in [-0.1, -0.05) is 68.4 Å². The summed E-state index contributed by atoms with van der Waals surface area (Å²) in [5, 5.41) is 21.7. The fraction of sp³-hybridized carbons (Fsp3) is 0.360. The van der Waals surface area contributed by atoms with E-state index in [0.717, 1.165) is 26.2 Å². The van der Waals surface area contributed by atoms with Crippen molar-refractivity contribution in [2.75, 3.05) is 32.8 Å². The van der Waals surface area contributed by atoms with Gasteiger partial charge in [-0.25, -0.2) is 0 Å². The molecule has 1 heterocycles. The Morgan fingerprint density at radius 1 is 0.893 bits per heavy atom. The summed E-state index contributed by atoms with van der Waals surface area (Å²) < 4.78 is 0. The van der Waals surface area contributed by atoms with E-state index in [1.807, 2.05) is 0 Å². The van der Waals surface area contributed by atoms with E-state index in [2.05, 4.69) is 78.7 Å². The molecule has 1 saturated heterocycles. The summed E-state index contributed by atoms with van der Waals surface area (Å²) in [6.45, 7) is 8.58. The van der Waals surface area contributed by atoms with Crippen LogP contribution in [-0.2, 0) is 0 Å². The van der Waals surface area contributed by atoms with E-state index >= 15 is 0 Å². The Morgan fingerprint density at radius 2 is 1.50 bits per heavy atom. The molecule has 0 aromatic heterocycles. The second-order valence-corrected chi connectivity index (χ2v) is 8.85. The summed E-state index contributed by atoms with van der Waals surface area (Å²) in [4.78, 5) is 2.55. The summed E-state index contributed by atoms with van der Waals surface area (Å²) >= 11 is 0. The van der Waals surface area contributed by atoms with Gasteiger partial charge >= 0.3 is 0 Å². The Kier molecular flexibility index (Phi) is 4.27. The lowest BCUT2D eigenvalue weighted by Crippen LogP contribution is -2.49. The molecule has 2 N–H and O–H groups in total. The fourth-order valence-corrected chi connectivity index (χ4v) is 5.14. The zero-order chi connectivity index (χ0) is 19.3. The molecule has 1 fully saturated rings. The first-order valence-electron chi connectivity index (χ1n) is 10.3. The number of aliphatic hydroxyl groups is 1. The maximum Gasteiger partial charge on any atom is 0.0500 e. The van der Waals surface area contributed by atoms with E-state index < -0.39 is 0 Å². The third kappa shape index (κ3) is 2.69. The average molecular weight is 373 g/mol. The Morgan fingerprint density at radius 3 is 2.18 bits per heavy atom. The van der Waals surface area contributed by atoms with E-state index in [9.17, 15) is 5.11 Å². The van der Waals surface area contributed by atoms with Gasteiger partial charge in [0.15, 0.2) is 0 Å². The number of nitrogens with zero attached hydrogens (tertiary/aromatic N) is 1. The minimum atomic E-state index is -0.222. The number of piperazine rings is 1. The third-order valence-electron chi connectivity index (χ3n) is 6.52. The fourth-order valence-electron chi connectivity index (χ4n) is 5.14. The van der Waals surface area contributed by atoms with Crippen molar-refractivity contribution in [2.24, 2.45) is 5.41 Å². The topological polar surface area (TPSA) is 35.5 Å². The summed E-state index contributed by atoms with van der Waals surface area (Å²) in [5.74, 6) is 0. The Balaban J connectivity index is 1.80. The number of hydrogen-bond acceptors (Lipinski definition) is 3. The van der Waals surface area contributed by atoms with Gasteiger partial charge in [0.05, 0.1) is 0 Å². The first-order chi connectivity index (χ1) is 13.6. The molecule has 0 saturated carbocycles. The first-order valence-corrected chi connectivity index (χ1v) is 10.3. The normalized spacial score (nSPS) is 17.7. The van der Waals surface area contributed by atoms with Crippen LogP contribution in [0.4, 0.5) is 0 Å². The van der Waals surface area contributed by atoms with E-state index in [1.54, 1.807) is 0 Å². The van der Waals surface area contributed by atoms with Crippen LogP contribution < -0.4 is 5.32 Å². The maximum absolute atomic E-state index is 10.3. The SMILES string of the molecule is CC(C)(CO)[C@H](c1ccc2ccc3cccc4ccc1c2c34)N1CCNCC1. The molecule has 144 valence electrons. The highest BCUT2D eigenvalue weighted by atomic mass is 16.3. The highest BCUT2D eigenvalue weighted by Gasteiger charge is 2.36. The van der Waals surface area contributed by atoms with Crippen LogP contribution in [0.1, 0.15) is 25.5 Å².